The molecule has 0 spiro atoms. The lowest BCUT2D eigenvalue weighted by Crippen LogP contribution is -2.33. The van der Waals surface area contributed by atoms with Gasteiger partial charge in [-0.2, -0.15) is 0 Å². The van der Waals surface area contributed by atoms with Crippen LogP contribution in [0.3, 0.4) is 0 Å². The minimum atomic E-state index is -0.934. The number of rotatable bonds is 3. The summed E-state index contributed by atoms with van der Waals surface area (Å²) in [5, 5.41) is 9.59. The van der Waals surface area contributed by atoms with Crippen molar-refractivity contribution in [3.05, 3.63) is 89.0 Å². The minimum Gasteiger partial charge on any atom is -0.481 e. The van der Waals surface area contributed by atoms with E-state index >= 15 is 0 Å². The molecule has 5 nitrogen and oxygen atoms in total. The molecule has 1 aliphatic carbocycles. The maximum absolute atomic E-state index is 13.0. The topological polar surface area (TPSA) is 66.8 Å². The number of benzene rings is 3. The molecule has 1 heterocycles. The molecule has 30 heavy (non-hydrogen) atoms. The molecule has 0 aromatic heterocycles. The Morgan fingerprint density at radius 2 is 1.53 bits per heavy atom. The van der Waals surface area contributed by atoms with Crippen LogP contribution in [0.1, 0.15) is 34.1 Å². The highest BCUT2D eigenvalue weighted by atomic mass is 16.6. The van der Waals surface area contributed by atoms with Crippen LogP contribution < -0.4 is 4.90 Å². The molecule has 0 fully saturated rings. The molecule has 3 aromatic carbocycles. The predicted octanol–water partition coefficient (Wildman–Crippen LogP) is 4.93. The molecule has 5 heteroatoms. The second-order valence-electron chi connectivity index (χ2n) is 7.82. The van der Waals surface area contributed by atoms with Crippen LogP contribution in [0.25, 0.3) is 11.1 Å². The van der Waals surface area contributed by atoms with Gasteiger partial charge in [-0.15, -0.1) is 0 Å². The number of carboxylic acids is 1. The number of para-hydroxylation sites is 1. The summed E-state index contributed by atoms with van der Waals surface area (Å²) in [6, 6.07) is 21.8. The summed E-state index contributed by atoms with van der Waals surface area (Å²) in [5.41, 5.74) is 6.81. The highest BCUT2D eigenvalue weighted by Gasteiger charge is 2.39. The van der Waals surface area contributed by atoms with Gasteiger partial charge in [0.2, 0.25) is 0 Å². The van der Waals surface area contributed by atoms with Crippen molar-refractivity contribution in [1.82, 2.24) is 0 Å². The average molecular weight is 399 g/mol. The lowest BCUT2D eigenvalue weighted by molar-refractivity contribution is -0.138. The van der Waals surface area contributed by atoms with E-state index in [0.29, 0.717) is 11.3 Å². The van der Waals surface area contributed by atoms with Gasteiger partial charge in [-0.05, 0) is 40.3 Å². The molecule has 150 valence electrons. The molecule has 0 saturated carbocycles. The van der Waals surface area contributed by atoms with Gasteiger partial charge in [-0.25, -0.2) is 4.79 Å². The first kappa shape index (κ1) is 18.4. The fourth-order valence-corrected chi connectivity index (χ4v) is 4.75. The Kier molecular flexibility index (Phi) is 4.31. The number of hydrogen-bond acceptors (Lipinski definition) is 3. The normalized spacial score (nSPS) is 16.7. The van der Waals surface area contributed by atoms with E-state index in [-0.39, 0.29) is 19.1 Å². The lowest BCUT2D eigenvalue weighted by Gasteiger charge is -2.21. The molecular weight excluding hydrogens is 378 g/mol. The molecule has 2 aliphatic rings. The van der Waals surface area contributed by atoms with E-state index in [9.17, 15) is 14.7 Å². The van der Waals surface area contributed by atoms with Gasteiger partial charge >= 0.3 is 12.1 Å². The fraction of sp³-hybridized carbons (Fsp3) is 0.200. The van der Waals surface area contributed by atoms with E-state index in [0.717, 1.165) is 16.7 Å². The van der Waals surface area contributed by atoms with Crippen LogP contribution in [-0.4, -0.2) is 30.3 Å². The highest BCUT2D eigenvalue weighted by molar-refractivity contribution is 5.96. The van der Waals surface area contributed by atoms with Crippen LogP contribution in [0.5, 0.6) is 0 Å². The number of ether oxygens (including phenoxy) is 1. The Morgan fingerprint density at radius 1 is 0.933 bits per heavy atom. The summed E-state index contributed by atoms with van der Waals surface area (Å²) < 4.78 is 5.76. The monoisotopic (exact) mass is 399 g/mol. The number of aliphatic carboxylic acids is 1. The summed E-state index contributed by atoms with van der Waals surface area (Å²) in [4.78, 5) is 26.2. The summed E-state index contributed by atoms with van der Waals surface area (Å²) in [6.45, 7) is 2.18. The van der Waals surface area contributed by atoms with E-state index in [1.54, 1.807) is 6.07 Å². The highest BCUT2D eigenvalue weighted by Crippen LogP contribution is 2.45. The van der Waals surface area contributed by atoms with Crippen molar-refractivity contribution in [1.29, 1.82) is 0 Å². The van der Waals surface area contributed by atoms with Gasteiger partial charge < -0.3 is 9.84 Å². The average Bonchev–Trinajstić information content (AvgIpc) is 3.30. The van der Waals surface area contributed by atoms with E-state index in [4.69, 9.17) is 4.74 Å². The molecule has 1 N–H and O–H groups in total. The maximum atomic E-state index is 13.0. The minimum absolute atomic E-state index is 0.0319. The quantitative estimate of drug-likeness (QED) is 0.678. The number of carbonyl (C=O) groups excluding carboxylic acids is 1. The van der Waals surface area contributed by atoms with Crippen molar-refractivity contribution >= 4 is 17.7 Å². The number of nitrogens with zero attached hydrogens (tertiary/aromatic N) is 1. The Balaban J connectivity index is 1.41. The molecule has 1 unspecified atom stereocenters. The zero-order valence-electron chi connectivity index (χ0n) is 16.5. The van der Waals surface area contributed by atoms with Gasteiger partial charge in [0.1, 0.15) is 12.5 Å². The molecule has 5 rings (SSSR count). The number of carbonyl (C=O) groups is 2. The van der Waals surface area contributed by atoms with Crippen molar-refractivity contribution in [2.75, 3.05) is 18.1 Å². The molecule has 3 aromatic rings. The maximum Gasteiger partial charge on any atom is 0.414 e. The summed E-state index contributed by atoms with van der Waals surface area (Å²) in [6.07, 6.45) is -0.504. The molecule has 1 amide bonds. The standard InChI is InChI=1S/C25H21NO4/c1-15-7-6-12-20-21(24(27)28)13-26(23(15)20)25(29)30-14-22-18-10-4-2-8-16(18)17-9-3-5-11-19(17)22/h2-12,21-22H,13-14H2,1H3,(H,27,28). The first-order chi connectivity index (χ1) is 14.6. The Hall–Kier alpha value is -3.60. The first-order valence-electron chi connectivity index (χ1n) is 10.0. The van der Waals surface area contributed by atoms with E-state index < -0.39 is 18.0 Å². The smallest absolute Gasteiger partial charge is 0.414 e. The van der Waals surface area contributed by atoms with Gasteiger partial charge in [-0.3, -0.25) is 9.69 Å². The zero-order chi connectivity index (χ0) is 20.8. The number of amides is 1. The van der Waals surface area contributed by atoms with Crippen molar-refractivity contribution in [2.24, 2.45) is 0 Å². The van der Waals surface area contributed by atoms with Crippen molar-refractivity contribution < 1.29 is 19.4 Å². The van der Waals surface area contributed by atoms with E-state index in [1.807, 2.05) is 43.3 Å². The number of carboxylic acid groups (broad SMARTS) is 1. The lowest BCUT2D eigenvalue weighted by atomic mass is 9.98. The SMILES string of the molecule is Cc1cccc2c1N(C(=O)OCC1c3ccccc3-c3ccccc31)CC2C(=O)O. The number of aryl methyl sites for hydroxylation is 1. The van der Waals surface area contributed by atoms with Crippen LogP contribution in [0.2, 0.25) is 0 Å². The van der Waals surface area contributed by atoms with Gasteiger partial charge in [0.15, 0.2) is 0 Å². The van der Waals surface area contributed by atoms with Crippen LogP contribution in [0.4, 0.5) is 10.5 Å². The van der Waals surface area contributed by atoms with Crippen LogP contribution in [-0.2, 0) is 9.53 Å². The first-order valence-corrected chi connectivity index (χ1v) is 10.0. The fourth-order valence-electron chi connectivity index (χ4n) is 4.75. The van der Waals surface area contributed by atoms with Gasteiger partial charge in [0.25, 0.3) is 0 Å². The number of anilines is 1. The Bertz CT molecular complexity index is 1120. The van der Waals surface area contributed by atoms with Crippen molar-refractivity contribution in [2.45, 2.75) is 18.8 Å². The van der Waals surface area contributed by atoms with E-state index in [2.05, 4.69) is 24.3 Å². The van der Waals surface area contributed by atoms with E-state index in [1.165, 1.54) is 16.0 Å². The van der Waals surface area contributed by atoms with Crippen LogP contribution in [0, 0.1) is 6.92 Å². The molecule has 1 atom stereocenters. The second-order valence-corrected chi connectivity index (χ2v) is 7.82. The second kappa shape index (κ2) is 7.02. The summed E-state index contributed by atoms with van der Waals surface area (Å²) in [5.74, 6) is -1.70. The largest absolute Gasteiger partial charge is 0.481 e. The molecule has 0 radical (unpaired) electrons. The summed E-state index contributed by atoms with van der Waals surface area (Å²) in [7, 11) is 0. The molecule has 0 bridgehead atoms. The molecule has 1 aliphatic heterocycles. The van der Waals surface area contributed by atoms with Crippen molar-refractivity contribution in [3.63, 3.8) is 0 Å². The summed E-state index contributed by atoms with van der Waals surface area (Å²) >= 11 is 0. The third kappa shape index (κ3) is 2.77. The zero-order valence-corrected chi connectivity index (χ0v) is 16.5. The number of fused-ring (bicyclic) bond motifs is 4. The molecule has 0 saturated heterocycles. The molecular formula is C25H21NO4. The van der Waals surface area contributed by atoms with Crippen molar-refractivity contribution in [3.8, 4) is 11.1 Å². The third-order valence-electron chi connectivity index (χ3n) is 6.13. The van der Waals surface area contributed by atoms with Gasteiger partial charge in [0.05, 0.1) is 5.69 Å². The third-order valence-corrected chi connectivity index (χ3v) is 6.13. The van der Waals surface area contributed by atoms with Crippen LogP contribution in [0.15, 0.2) is 66.7 Å². The van der Waals surface area contributed by atoms with Gasteiger partial charge in [-0.1, -0.05) is 66.7 Å². The predicted molar refractivity (Wildman–Crippen MR) is 114 cm³/mol. The van der Waals surface area contributed by atoms with Gasteiger partial charge in [0, 0.05) is 12.5 Å². The number of hydrogen-bond donors (Lipinski definition) is 1. The Morgan fingerprint density at radius 3 is 2.17 bits per heavy atom. The Labute approximate surface area is 174 Å². The van der Waals surface area contributed by atoms with Crippen LogP contribution >= 0.6 is 0 Å².